The van der Waals surface area contributed by atoms with Crippen molar-refractivity contribution in [2.75, 3.05) is 18.0 Å². The molecule has 26 heavy (non-hydrogen) atoms. The van der Waals surface area contributed by atoms with E-state index in [1.165, 1.54) is 6.07 Å². The molecule has 0 N–H and O–H groups in total. The number of nitrogens with zero attached hydrogens (tertiary/aromatic N) is 2. The largest absolute Gasteiger partial charge is 0.423 e. The van der Waals surface area contributed by atoms with E-state index in [1.807, 2.05) is 4.90 Å². The minimum atomic E-state index is -0.639. The summed E-state index contributed by atoms with van der Waals surface area (Å²) in [7, 11) is 0. The zero-order valence-electron chi connectivity index (χ0n) is 14.4. The van der Waals surface area contributed by atoms with Crippen LogP contribution in [0.3, 0.4) is 0 Å². The molecule has 6 nitrogen and oxygen atoms in total. The number of rotatable bonds is 4. The molecule has 0 unspecified atom stereocenters. The van der Waals surface area contributed by atoms with Crippen LogP contribution in [-0.2, 0) is 0 Å². The summed E-state index contributed by atoms with van der Waals surface area (Å²) >= 11 is 5.96. The molecule has 0 atom stereocenters. The van der Waals surface area contributed by atoms with Crippen LogP contribution in [0.5, 0.6) is 5.75 Å². The van der Waals surface area contributed by atoms with Gasteiger partial charge in [0.15, 0.2) is 0 Å². The van der Waals surface area contributed by atoms with Crippen molar-refractivity contribution in [3.8, 4) is 5.75 Å². The van der Waals surface area contributed by atoms with Crippen LogP contribution in [0.1, 0.15) is 35.2 Å². The second-order valence-electron chi connectivity index (χ2n) is 6.31. The first-order valence-corrected chi connectivity index (χ1v) is 8.85. The SMILES string of the molecule is Cc1cc(OC(=O)c2ccc(N3CCCCC3)c([N+](=O)[O-])c2)ccc1Cl. The lowest BCUT2D eigenvalue weighted by molar-refractivity contribution is -0.384. The summed E-state index contributed by atoms with van der Waals surface area (Å²) < 4.78 is 5.32. The molecule has 3 rings (SSSR count). The van der Waals surface area contributed by atoms with Crippen LogP contribution in [0.25, 0.3) is 0 Å². The summed E-state index contributed by atoms with van der Waals surface area (Å²) in [6.45, 7) is 3.38. The molecule has 0 saturated carbocycles. The van der Waals surface area contributed by atoms with Crippen LogP contribution in [0.15, 0.2) is 36.4 Å². The molecule has 136 valence electrons. The van der Waals surface area contributed by atoms with Gasteiger partial charge in [-0.2, -0.15) is 0 Å². The Morgan fingerprint density at radius 1 is 1.15 bits per heavy atom. The molecule has 2 aromatic carbocycles. The Balaban J connectivity index is 1.85. The third-order valence-electron chi connectivity index (χ3n) is 4.44. The van der Waals surface area contributed by atoms with Crippen LogP contribution in [0, 0.1) is 17.0 Å². The van der Waals surface area contributed by atoms with Crippen LogP contribution in [0.2, 0.25) is 5.02 Å². The molecule has 1 aliphatic rings. The first-order valence-electron chi connectivity index (χ1n) is 8.47. The summed E-state index contributed by atoms with van der Waals surface area (Å²) in [5.74, 6) is -0.292. The Hall–Kier alpha value is -2.60. The first-order chi connectivity index (χ1) is 12.5. The van der Waals surface area contributed by atoms with Crippen LogP contribution in [0.4, 0.5) is 11.4 Å². The molecule has 0 radical (unpaired) electrons. The molecule has 0 bridgehead atoms. The highest BCUT2D eigenvalue weighted by molar-refractivity contribution is 6.31. The highest BCUT2D eigenvalue weighted by atomic mass is 35.5. The summed E-state index contributed by atoms with van der Waals surface area (Å²) in [6.07, 6.45) is 3.16. The van der Waals surface area contributed by atoms with Crippen molar-refractivity contribution >= 4 is 28.9 Å². The van der Waals surface area contributed by atoms with E-state index in [1.54, 1.807) is 37.3 Å². The molecular weight excluding hydrogens is 356 g/mol. The normalized spacial score (nSPS) is 14.2. The van der Waals surface area contributed by atoms with E-state index >= 15 is 0 Å². The number of ether oxygens (including phenoxy) is 1. The summed E-state index contributed by atoms with van der Waals surface area (Å²) in [4.78, 5) is 25.4. The molecule has 1 heterocycles. The zero-order valence-corrected chi connectivity index (χ0v) is 15.2. The fraction of sp³-hybridized carbons (Fsp3) is 0.316. The van der Waals surface area contributed by atoms with Gasteiger partial charge in [-0.15, -0.1) is 0 Å². The van der Waals surface area contributed by atoms with Crippen molar-refractivity contribution in [2.24, 2.45) is 0 Å². The Kier molecular flexibility index (Phi) is 5.42. The molecular formula is C19H19ClN2O4. The molecule has 0 amide bonds. The van der Waals surface area contributed by atoms with E-state index in [-0.39, 0.29) is 11.3 Å². The number of nitro groups is 1. The molecule has 0 aliphatic carbocycles. The van der Waals surface area contributed by atoms with Crippen LogP contribution >= 0.6 is 11.6 Å². The third-order valence-corrected chi connectivity index (χ3v) is 4.87. The number of anilines is 1. The van der Waals surface area contributed by atoms with Gasteiger partial charge in [-0.25, -0.2) is 4.79 Å². The molecule has 1 fully saturated rings. The van der Waals surface area contributed by atoms with Gasteiger partial charge in [0.2, 0.25) is 0 Å². The summed E-state index contributed by atoms with van der Waals surface area (Å²) in [5, 5.41) is 12.1. The fourth-order valence-corrected chi connectivity index (χ4v) is 3.16. The molecule has 1 aliphatic heterocycles. The van der Waals surface area contributed by atoms with Gasteiger partial charge >= 0.3 is 5.97 Å². The van der Waals surface area contributed by atoms with Gasteiger partial charge in [0, 0.05) is 24.2 Å². The van der Waals surface area contributed by atoms with Crippen molar-refractivity contribution in [1.82, 2.24) is 0 Å². The molecule has 1 saturated heterocycles. The van der Waals surface area contributed by atoms with Crippen molar-refractivity contribution in [2.45, 2.75) is 26.2 Å². The monoisotopic (exact) mass is 374 g/mol. The highest BCUT2D eigenvalue weighted by Gasteiger charge is 2.23. The first kappa shape index (κ1) is 18.2. The maximum absolute atomic E-state index is 12.4. The van der Waals surface area contributed by atoms with Gasteiger partial charge in [0.1, 0.15) is 11.4 Å². The average molecular weight is 375 g/mol. The Bertz CT molecular complexity index is 847. The standard InChI is InChI=1S/C19H19ClN2O4/c1-13-11-15(6-7-16(13)20)26-19(23)14-5-8-17(18(12-14)22(24)25)21-9-3-2-4-10-21/h5-8,11-12H,2-4,9-10H2,1H3. The van der Waals surface area contributed by atoms with Crippen molar-refractivity contribution < 1.29 is 14.5 Å². The Labute approximate surface area is 156 Å². The lowest BCUT2D eigenvalue weighted by atomic mass is 10.1. The lowest BCUT2D eigenvalue weighted by Gasteiger charge is -2.28. The van der Waals surface area contributed by atoms with Crippen molar-refractivity contribution in [1.29, 1.82) is 0 Å². The maximum Gasteiger partial charge on any atom is 0.343 e. The predicted octanol–water partition coefficient (Wildman–Crippen LogP) is 4.77. The van der Waals surface area contributed by atoms with Gasteiger partial charge in [-0.05, 0) is 62.1 Å². The minimum absolute atomic E-state index is 0.0753. The topological polar surface area (TPSA) is 72.7 Å². The summed E-state index contributed by atoms with van der Waals surface area (Å²) in [5.41, 5.74) is 1.40. The zero-order chi connectivity index (χ0) is 18.7. The number of aryl methyl sites for hydroxylation is 1. The van der Waals surface area contributed by atoms with E-state index in [0.29, 0.717) is 16.5 Å². The second-order valence-corrected chi connectivity index (χ2v) is 6.72. The number of nitro benzene ring substituents is 1. The number of carbonyl (C=O) groups is 1. The predicted molar refractivity (Wildman–Crippen MR) is 100 cm³/mol. The molecule has 0 aromatic heterocycles. The molecule has 2 aromatic rings. The van der Waals surface area contributed by atoms with Gasteiger partial charge < -0.3 is 9.64 Å². The van der Waals surface area contributed by atoms with Crippen molar-refractivity contribution in [3.63, 3.8) is 0 Å². The number of halogens is 1. The van der Waals surface area contributed by atoms with Gasteiger partial charge in [-0.1, -0.05) is 11.6 Å². The number of carbonyl (C=O) groups excluding carboxylic acids is 1. The minimum Gasteiger partial charge on any atom is -0.423 e. The van der Waals surface area contributed by atoms with Gasteiger partial charge in [0.05, 0.1) is 10.5 Å². The number of piperidine rings is 1. The third kappa shape index (κ3) is 3.96. The number of hydrogen-bond acceptors (Lipinski definition) is 5. The van der Waals surface area contributed by atoms with Crippen molar-refractivity contribution in [3.05, 3.63) is 62.7 Å². The van der Waals surface area contributed by atoms with Gasteiger partial charge in [0.25, 0.3) is 5.69 Å². The quantitative estimate of drug-likeness (QED) is 0.333. The Morgan fingerprint density at radius 3 is 2.54 bits per heavy atom. The number of benzene rings is 2. The smallest absolute Gasteiger partial charge is 0.343 e. The summed E-state index contributed by atoms with van der Waals surface area (Å²) in [6, 6.07) is 9.37. The van der Waals surface area contributed by atoms with E-state index in [4.69, 9.17) is 16.3 Å². The van der Waals surface area contributed by atoms with E-state index < -0.39 is 10.9 Å². The van der Waals surface area contributed by atoms with E-state index in [2.05, 4.69) is 0 Å². The number of esters is 1. The average Bonchev–Trinajstić information content (AvgIpc) is 2.65. The lowest BCUT2D eigenvalue weighted by Crippen LogP contribution is -2.30. The van der Waals surface area contributed by atoms with E-state index in [9.17, 15) is 14.9 Å². The second kappa shape index (κ2) is 7.74. The Morgan fingerprint density at radius 2 is 1.88 bits per heavy atom. The van der Waals surface area contributed by atoms with Crippen LogP contribution < -0.4 is 9.64 Å². The molecule has 7 heteroatoms. The molecule has 0 spiro atoms. The fourth-order valence-electron chi connectivity index (χ4n) is 3.05. The number of hydrogen-bond donors (Lipinski definition) is 0. The van der Waals surface area contributed by atoms with E-state index in [0.717, 1.165) is 37.9 Å². The maximum atomic E-state index is 12.4. The van der Waals surface area contributed by atoms with Gasteiger partial charge in [-0.3, -0.25) is 10.1 Å². The highest BCUT2D eigenvalue weighted by Crippen LogP contribution is 2.32. The van der Waals surface area contributed by atoms with Crippen LogP contribution in [-0.4, -0.2) is 24.0 Å².